The molecule has 0 atom stereocenters. The molecule has 2 amide bonds. The van der Waals surface area contributed by atoms with Crippen molar-refractivity contribution in [3.05, 3.63) is 89.4 Å². The zero-order valence-corrected chi connectivity index (χ0v) is 17.3. The lowest BCUT2D eigenvalue weighted by Gasteiger charge is -2.28. The number of carbonyl (C=O) groups excluding carboxylic acids is 2. The standard InChI is InChI=1S/C23H21N7O2/c31-22(10-16-3-1-5-24-12-16)29-8-4-19-18(15-29)9-17(13-26-19)14-27-23(32)20-11-21-25-6-2-7-30(21)28-20/h1-3,5-7,9,11-13H,4,8,10,14-15H2,(H,27,32). The number of fused-ring (bicyclic) bond motifs is 2. The van der Waals surface area contributed by atoms with Crippen LogP contribution in [0.15, 0.2) is 61.3 Å². The smallest absolute Gasteiger partial charge is 0.272 e. The summed E-state index contributed by atoms with van der Waals surface area (Å²) in [6.45, 7) is 1.49. The number of hydrogen-bond donors (Lipinski definition) is 1. The maximum absolute atomic E-state index is 12.7. The Morgan fingerprint density at radius 3 is 2.84 bits per heavy atom. The van der Waals surface area contributed by atoms with Crippen molar-refractivity contribution in [2.75, 3.05) is 6.54 Å². The molecular formula is C23H21N7O2. The number of nitrogens with one attached hydrogen (secondary N) is 1. The summed E-state index contributed by atoms with van der Waals surface area (Å²) in [5, 5.41) is 7.12. The number of pyridine rings is 2. The molecule has 0 aliphatic carbocycles. The molecule has 0 radical (unpaired) electrons. The Morgan fingerprint density at radius 2 is 2.00 bits per heavy atom. The number of aromatic nitrogens is 5. The number of nitrogens with zero attached hydrogens (tertiary/aromatic N) is 6. The molecule has 32 heavy (non-hydrogen) atoms. The van der Waals surface area contributed by atoms with Crippen molar-refractivity contribution in [3.63, 3.8) is 0 Å². The van der Waals surface area contributed by atoms with Gasteiger partial charge in [0.05, 0.1) is 6.42 Å². The summed E-state index contributed by atoms with van der Waals surface area (Å²) in [4.78, 5) is 39.9. The van der Waals surface area contributed by atoms with Crippen molar-refractivity contribution < 1.29 is 9.59 Å². The lowest BCUT2D eigenvalue weighted by molar-refractivity contribution is -0.131. The average Bonchev–Trinajstić information content (AvgIpc) is 3.27. The van der Waals surface area contributed by atoms with Crippen LogP contribution in [0.3, 0.4) is 0 Å². The van der Waals surface area contributed by atoms with Crippen LogP contribution in [-0.2, 0) is 30.7 Å². The van der Waals surface area contributed by atoms with Crippen LogP contribution < -0.4 is 5.32 Å². The van der Waals surface area contributed by atoms with E-state index in [1.807, 2.05) is 23.1 Å². The lowest BCUT2D eigenvalue weighted by atomic mass is 10.0. The van der Waals surface area contributed by atoms with Crippen LogP contribution in [0.5, 0.6) is 0 Å². The summed E-state index contributed by atoms with van der Waals surface area (Å²) in [5.41, 5.74) is 4.71. The molecule has 0 bridgehead atoms. The molecule has 0 spiro atoms. The fraction of sp³-hybridized carbons (Fsp3) is 0.217. The third-order valence-electron chi connectivity index (χ3n) is 5.45. The van der Waals surface area contributed by atoms with Crippen molar-refractivity contribution in [2.45, 2.75) is 25.9 Å². The van der Waals surface area contributed by atoms with Crippen LogP contribution in [0.2, 0.25) is 0 Å². The first-order chi connectivity index (χ1) is 15.7. The van der Waals surface area contributed by atoms with Gasteiger partial charge in [-0.2, -0.15) is 5.10 Å². The molecule has 0 aromatic carbocycles. The first-order valence-electron chi connectivity index (χ1n) is 10.4. The van der Waals surface area contributed by atoms with Gasteiger partial charge in [0, 0.05) is 68.8 Å². The van der Waals surface area contributed by atoms with Gasteiger partial charge in [-0.3, -0.25) is 19.6 Å². The van der Waals surface area contributed by atoms with Crippen molar-refractivity contribution >= 4 is 17.5 Å². The molecule has 9 nitrogen and oxygen atoms in total. The highest BCUT2D eigenvalue weighted by molar-refractivity contribution is 5.93. The molecule has 1 aliphatic heterocycles. The molecule has 0 fully saturated rings. The Labute approximate surface area is 184 Å². The molecule has 5 heterocycles. The monoisotopic (exact) mass is 427 g/mol. The highest BCUT2D eigenvalue weighted by Gasteiger charge is 2.22. The van der Waals surface area contributed by atoms with Crippen molar-refractivity contribution in [2.24, 2.45) is 0 Å². The lowest BCUT2D eigenvalue weighted by Crippen LogP contribution is -2.37. The molecule has 4 aromatic heterocycles. The molecule has 0 saturated heterocycles. The van der Waals surface area contributed by atoms with Gasteiger partial charge in [-0.1, -0.05) is 6.07 Å². The van der Waals surface area contributed by atoms with E-state index in [4.69, 9.17) is 0 Å². The predicted molar refractivity (Wildman–Crippen MR) is 115 cm³/mol. The van der Waals surface area contributed by atoms with E-state index in [1.54, 1.807) is 47.6 Å². The first kappa shape index (κ1) is 19.8. The minimum absolute atomic E-state index is 0.0720. The van der Waals surface area contributed by atoms with Gasteiger partial charge < -0.3 is 10.2 Å². The van der Waals surface area contributed by atoms with Gasteiger partial charge in [0.15, 0.2) is 11.3 Å². The average molecular weight is 427 g/mol. The van der Waals surface area contributed by atoms with Gasteiger partial charge in [0.2, 0.25) is 5.91 Å². The van der Waals surface area contributed by atoms with Crippen LogP contribution >= 0.6 is 0 Å². The summed E-state index contributed by atoms with van der Waals surface area (Å²) in [5.74, 6) is -0.204. The van der Waals surface area contributed by atoms with Crippen LogP contribution in [0.25, 0.3) is 5.65 Å². The van der Waals surface area contributed by atoms with Gasteiger partial charge in [0.1, 0.15) is 0 Å². The molecule has 0 saturated carbocycles. The topological polar surface area (TPSA) is 105 Å². The third kappa shape index (κ3) is 4.18. The van der Waals surface area contributed by atoms with E-state index >= 15 is 0 Å². The third-order valence-corrected chi connectivity index (χ3v) is 5.45. The maximum Gasteiger partial charge on any atom is 0.272 e. The molecule has 1 N–H and O–H groups in total. The van der Waals surface area contributed by atoms with E-state index < -0.39 is 0 Å². The number of amides is 2. The van der Waals surface area contributed by atoms with Gasteiger partial charge in [-0.25, -0.2) is 9.50 Å². The fourth-order valence-corrected chi connectivity index (χ4v) is 3.79. The van der Waals surface area contributed by atoms with E-state index in [0.29, 0.717) is 37.4 Å². The molecular weight excluding hydrogens is 406 g/mol. The molecule has 160 valence electrons. The van der Waals surface area contributed by atoms with Crippen LogP contribution in [0.1, 0.15) is 32.9 Å². The molecule has 0 unspecified atom stereocenters. The van der Waals surface area contributed by atoms with Crippen molar-refractivity contribution in [1.82, 2.24) is 34.8 Å². The fourth-order valence-electron chi connectivity index (χ4n) is 3.79. The largest absolute Gasteiger partial charge is 0.347 e. The number of rotatable bonds is 5. The van der Waals surface area contributed by atoms with Gasteiger partial charge in [-0.05, 0) is 34.9 Å². The summed E-state index contributed by atoms with van der Waals surface area (Å²) >= 11 is 0. The Balaban J connectivity index is 1.23. The van der Waals surface area contributed by atoms with Gasteiger partial charge in [-0.15, -0.1) is 0 Å². The van der Waals surface area contributed by atoms with Crippen LogP contribution in [0.4, 0.5) is 0 Å². The van der Waals surface area contributed by atoms with E-state index in [0.717, 1.165) is 28.8 Å². The summed E-state index contributed by atoms with van der Waals surface area (Å²) in [6, 6.07) is 9.15. The highest BCUT2D eigenvalue weighted by atomic mass is 16.2. The molecule has 4 aromatic rings. The van der Waals surface area contributed by atoms with E-state index in [-0.39, 0.29) is 11.8 Å². The zero-order valence-electron chi connectivity index (χ0n) is 17.3. The highest BCUT2D eigenvalue weighted by Crippen LogP contribution is 2.19. The number of hydrogen-bond acceptors (Lipinski definition) is 6. The predicted octanol–water partition coefficient (Wildman–Crippen LogP) is 1.58. The molecule has 5 rings (SSSR count). The SMILES string of the molecule is O=C(NCc1cnc2c(c1)CN(C(=O)Cc1cccnc1)CC2)c1cc2ncccn2n1. The second-order valence-electron chi connectivity index (χ2n) is 7.69. The summed E-state index contributed by atoms with van der Waals surface area (Å²) in [6.07, 6.45) is 9.64. The molecule has 1 aliphatic rings. The second kappa shape index (κ2) is 8.54. The summed E-state index contributed by atoms with van der Waals surface area (Å²) < 4.78 is 1.56. The van der Waals surface area contributed by atoms with E-state index in [9.17, 15) is 9.59 Å². The minimum Gasteiger partial charge on any atom is -0.347 e. The minimum atomic E-state index is -0.276. The number of carbonyl (C=O) groups is 2. The second-order valence-corrected chi connectivity index (χ2v) is 7.69. The van der Waals surface area contributed by atoms with Gasteiger partial charge >= 0.3 is 0 Å². The van der Waals surface area contributed by atoms with Crippen LogP contribution in [-0.4, -0.2) is 47.8 Å². The first-order valence-corrected chi connectivity index (χ1v) is 10.4. The Kier molecular flexibility index (Phi) is 5.29. The van der Waals surface area contributed by atoms with E-state index in [2.05, 4.69) is 25.4 Å². The quantitative estimate of drug-likeness (QED) is 0.518. The Morgan fingerprint density at radius 1 is 1.06 bits per heavy atom. The van der Waals surface area contributed by atoms with Crippen molar-refractivity contribution in [3.8, 4) is 0 Å². The molecule has 9 heteroatoms. The maximum atomic E-state index is 12.7. The Hall–Kier alpha value is -4.14. The van der Waals surface area contributed by atoms with Crippen LogP contribution in [0, 0.1) is 0 Å². The summed E-state index contributed by atoms with van der Waals surface area (Å²) in [7, 11) is 0. The van der Waals surface area contributed by atoms with Crippen molar-refractivity contribution in [1.29, 1.82) is 0 Å². The zero-order chi connectivity index (χ0) is 21.9. The van der Waals surface area contributed by atoms with E-state index in [1.165, 1.54) is 0 Å². The van der Waals surface area contributed by atoms with Gasteiger partial charge in [0.25, 0.3) is 5.91 Å². The Bertz CT molecular complexity index is 1250. The normalized spacial score (nSPS) is 13.1.